The van der Waals surface area contributed by atoms with Crippen LogP contribution in [0.3, 0.4) is 0 Å². The van der Waals surface area contributed by atoms with Crippen LogP contribution in [0.4, 0.5) is 10.5 Å². The molecule has 1 N–H and O–H groups in total. The highest BCUT2D eigenvalue weighted by Crippen LogP contribution is 2.20. The number of nitrogens with zero attached hydrogens (tertiary/aromatic N) is 1. The number of hydrogen-bond acceptors (Lipinski definition) is 3. The Morgan fingerprint density at radius 3 is 2.48 bits per heavy atom. The molecule has 0 heterocycles. The summed E-state index contributed by atoms with van der Waals surface area (Å²) in [5.41, 5.74) is 4.60. The van der Waals surface area contributed by atoms with E-state index in [1.165, 1.54) is 3.93 Å². The molecule has 6 heteroatoms. The number of urea groups is 1. The molecule has 0 radical (unpaired) electrons. The van der Waals surface area contributed by atoms with Crippen molar-refractivity contribution in [2.24, 2.45) is 0 Å². The van der Waals surface area contributed by atoms with E-state index in [2.05, 4.69) is 21.6 Å². The van der Waals surface area contributed by atoms with Gasteiger partial charge in [0.2, 0.25) is 0 Å². The Kier molecular flexibility index (Phi) is 5.76. The van der Waals surface area contributed by atoms with Gasteiger partial charge in [-0.2, -0.15) is 5.48 Å². The average molecular weight is 377 g/mol. The molecular weight excluding hydrogens is 360 g/mol. The quantitative estimate of drug-likeness (QED) is 0.648. The molecule has 0 aliphatic heterocycles. The Morgan fingerprint density at radius 1 is 1.13 bits per heavy atom. The van der Waals surface area contributed by atoms with Crippen molar-refractivity contribution in [2.45, 2.75) is 19.8 Å². The molecule has 23 heavy (non-hydrogen) atoms. The number of halogens is 1. The monoisotopic (exact) mass is 376 g/mol. The van der Waals surface area contributed by atoms with Gasteiger partial charge in [-0.1, -0.05) is 42.5 Å². The van der Waals surface area contributed by atoms with E-state index in [1.54, 1.807) is 13.0 Å². The van der Waals surface area contributed by atoms with Crippen LogP contribution in [0.2, 0.25) is 0 Å². The fourth-order valence-electron chi connectivity index (χ4n) is 1.97. The van der Waals surface area contributed by atoms with E-state index >= 15 is 0 Å². The van der Waals surface area contributed by atoms with Crippen molar-refractivity contribution in [3.05, 3.63) is 65.7 Å². The molecule has 0 saturated carbocycles. The number of amides is 2. The molecule has 0 bridgehead atoms. The number of hydroxylamine groups is 1. The summed E-state index contributed by atoms with van der Waals surface area (Å²) in [6, 6.07) is 16.0. The van der Waals surface area contributed by atoms with Crippen LogP contribution in [0.15, 0.2) is 54.6 Å². The minimum absolute atomic E-state index is 0.473. The maximum Gasteiger partial charge on any atom is 0.365 e. The molecule has 2 aromatic carbocycles. The normalized spacial score (nSPS) is 11.4. The Morgan fingerprint density at radius 2 is 1.83 bits per heavy atom. The molecule has 2 amide bonds. The number of benzene rings is 2. The second-order valence-electron chi connectivity index (χ2n) is 5.08. The summed E-state index contributed by atoms with van der Waals surface area (Å²) in [6.45, 7) is 3.64. The van der Waals surface area contributed by atoms with E-state index in [4.69, 9.17) is 4.84 Å². The number of carbonyl (C=O) groups excluding carboxylic acids is 2. The number of anilines is 1. The Bertz CT molecular complexity index is 691. The van der Waals surface area contributed by atoms with E-state index in [-0.39, 0.29) is 0 Å². The average Bonchev–Trinajstić information content (AvgIpc) is 2.58. The Labute approximate surface area is 143 Å². The lowest BCUT2D eigenvalue weighted by Crippen LogP contribution is -2.36. The third kappa shape index (κ3) is 4.56. The first kappa shape index (κ1) is 17.0. The smallest absolute Gasteiger partial charge is 0.339 e. The number of rotatable bonds is 3. The summed E-state index contributed by atoms with van der Waals surface area (Å²) >= 11 is 3.15. The summed E-state index contributed by atoms with van der Waals surface area (Å²) in [6.07, 6.45) is 0. The fraction of sp³-hybridized carbons (Fsp3) is 0.176. The highest BCUT2D eigenvalue weighted by molar-refractivity contribution is 9.10. The molecule has 0 spiro atoms. The summed E-state index contributed by atoms with van der Waals surface area (Å²) in [5.74, 6) is -1.01. The SMILES string of the molecule is Cc1cccc(N(Br)C(=O)NOC(=O)C(C)c2ccccc2)c1. The van der Waals surface area contributed by atoms with Crippen molar-refractivity contribution in [1.82, 2.24) is 5.48 Å². The van der Waals surface area contributed by atoms with Crippen LogP contribution in [0.1, 0.15) is 24.0 Å². The van der Waals surface area contributed by atoms with Crippen LogP contribution in [0.5, 0.6) is 0 Å². The van der Waals surface area contributed by atoms with Crippen molar-refractivity contribution < 1.29 is 14.4 Å². The standard InChI is InChI=1S/C17H17BrN2O3/c1-12-7-6-10-15(11-12)20(18)17(22)19-23-16(21)13(2)14-8-4-3-5-9-14/h3-11,13H,1-2H3,(H,19,22). The summed E-state index contributed by atoms with van der Waals surface area (Å²) in [4.78, 5) is 28.9. The first-order valence-electron chi connectivity index (χ1n) is 7.07. The summed E-state index contributed by atoms with van der Waals surface area (Å²) in [7, 11) is 0. The van der Waals surface area contributed by atoms with Gasteiger partial charge in [-0.05, 0) is 37.1 Å². The second kappa shape index (κ2) is 7.78. The lowest BCUT2D eigenvalue weighted by Gasteiger charge is -2.16. The van der Waals surface area contributed by atoms with Crippen molar-refractivity contribution >= 4 is 33.8 Å². The highest BCUT2D eigenvalue weighted by Gasteiger charge is 2.20. The van der Waals surface area contributed by atoms with Gasteiger partial charge in [0.05, 0.1) is 27.8 Å². The summed E-state index contributed by atoms with van der Waals surface area (Å²) in [5, 5.41) is 0. The number of nitrogens with one attached hydrogen (secondary N) is 1. The lowest BCUT2D eigenvalue weighted by atomic mass is 10.0. The van der Waals surface area contributed by atoms with Gasteiger partial charge in [0, 0.05) is 0 Å². The van der Waals surface area contributed by atoms with Crippen molar-refractivity contribution in [3.8, 4) is 0 Å². The zero-order chi connectivity index (χ0) is 16.8. The Hall–Kier alpha value is -2.34. The molecular formula is C17H17BrN2O3. The van der Waals surface area contributed by atoms with Crippen LogP contribution in [0, 0.1) is 6.92 Å². The van der Waals surface area contributed by atoms with Gasteiger partial charge in [0.25, 0.3) is 0 Å². The number of aryl methyl sites for hydroxylation is 1. The first-order valence-corrected chi connectivity index (χ1v) is 7.78. The predicted molar refractivity (Wildman–Crippen MR) is 92.1 cm³/mol. The first-order chi connectivity index (χ1) is 11.0. The summed E-state index contributed by atoms with van der Waals surface area (Å²) < 4.78 is 1.19. The Balaban J connectivity index is 1.92. The number of carbonyl (C=O) groups is 2. The van der Waals surface area contributed by atoms with Crippen LogP contribution >= 0.6 is 16.1 Å². The zero-order valence-electron chi connectivity index (χ0n) is 12.8. The molecule has 0 aromatic heterocycles. The van der Waals surface area contributed by atoms with E-state index in [0.717, 1.165) is 11.1 Å². The van der Waals surface area contributed by atoms with Crippen molar-refractivity contribution in [3.63, 3.8) is 0 Å². The van der Waals surface area contributed by atoms with E-state index < -0.39 is 17.9 Å². The van der Waals surface area contributed by atoms with Gasteiger partial charge in [-0.3, -0.25) is 0 Å². The second-order valence-corrected chi connectivity index (χ2v) is 5.79. The molecule has 0 saturated heterocycles. The molecule has 2 rings (SSSR count). The number of hydrogen-bond donors (Lipinski definition) is 1. The van der Waals surface area contributed by atoms with Crippen LogP contribution in [0.25, 0.3) is 0 Å². The topological polar surface area (TPSA) is 58.6 Å². The highest BCUT2D eigenvalue weighted by atomic mass is 79.9. The van der Waals surface area contributed by atoms with Crippen LogP contribution in [-0.4, -0.2) is 12.0 Å². The van der Waals surface area contributed by atoms with Gasteiger partial charge in [0.1, 0.15) is 0 Å². The zero-order valence-corrected chi connectivity index (χ0v) is 14.4. The van der Waals surface area contributed by atoms with Gasteiger partial charge in [-0.25, -0.2) is 13.5 Å². The minimum Gasteiger partial charge on any atom is -0.339 e. The van der Waals surface area contributed by atoms with Gasteiger partial charge >= 0.3 is 12.0 Å². The fourth-order valence-corrected chi connectivity index (χ4v) is 2.26. The van der Waals surface area contributed by atoms with Gasteiger partial charge < -0.3 is 4.84 Å². The van der Waals surface area contributed by atoms with E-state index in [9.17, 15) is 9.59 Å². The molecule has 0 aliphatic carbocycles. The molecule has 5 nitrogen and oxygen atoms in total. The van der Waals surface area contributed by atoms with Crippen LogP contribution < -0.4 is 9.41 Å². The lowest BCUT2D eigenvalue weighted by molar-refractivity contribution is -0.150. The van der Waals surface area contributed by atoms with Crippen molar-refractivity contribution in [1.29, 1.82) is 0 Å². The van der Waals surface area contributed by atoms with Gasteiger partial charge in [0.15, 0.2) is 0 Å². The predicted octanol–water partition coefficient (Wildman–Crippen LogP) is 4.08. The van der Waals surface area contributed by atoms with Gasteiger partial charge in [-0.15, -0.1) is 0 Å². The molecule has 1 atom stereocenters. The third-order valence-electron chi connectivity index (χ3n) is 3.30. The van der Waals surface area contributed by atoms with Crippen LogP contribution in [-0.2, 0) is 9.63 Å². The van der Waals surface area contributed by atoms with Crippen molar-refractivity contribution in [2.75, 3.05) is 3.93 Å². The van der Waals surface area contributed by atoms with E-state index in [1.807, 2.05) is 55.5 Å². The molecule has 1 unspecified atom stereocenters. The largest absolute Gasteiger partial charge is 0.365 e. The third-order valence-corrected chi connectivity index (χ3v) is 4.03. The maximum absolute atomic E-state index is 12.0. The minimum atomic E-state index is -0.593. The maximum atomic E-state index is 12.0. The molecule has 120 valence electrons. The molecule has 0 aliphatic rings. The molecule has 0 fully saturated rings. The molecule has 2 aromatic rings. The van der Waals surface area contributed by atoms with E-state index in [0.29, 0.717) is 5.69 Å².